The van der Waals surface area contributed by atoms with E-state index in [1.807, 2.05) is 64.1 Å². The van der Waals surface area contributed by atoms with Crippen LogP contribution in [0.5, 0.6) is 0 Å². The van der Waals surface area contributed by atoms with Crippen molar-refractivity contribution in [1.82, 2.24) is 14.7 Å². The Bertz CT molecular complexity index is 873. The van der Waals surface area contributed by atoms with Gasteiger partial charge in [-0.2, -0.15) is 0 Å². The average Bonchev–Trinajstić information content (AvgIpc) is 3.18. The van der Waals surface area contributed by atoms with Crippen LogP contribution in [0, 0.1) is 5.92 Å². The predicted molar refractivity (Wildman–Crippen MR) is 131 cm³/mol. The van der Waals surface area contributed by atoms with E-state index >= 15 is 0 Å². The first-order chi connectivity index (χ1) is 15.6. The van der Waals surface area contributed by atoms with Crippen LogP contribution in [0.2, 0.25) is 0 Å². The highest BCUT2D eigenvalue weighted by atomic mass is 16.6. The van der Waals surface area contributed by atoms with Gasteiger partial charge in [-0.3, -0.25) is 4.90 Å². The maximum atomic E-state index is 12.3. The van der Waals surface area contributed by atoms with Crippen molar-refractivity contribution < 1.29 is 14.3 Å². The van der Waals surface area contributed by atoms with E-state index in [1.165, 1.54) is 0 Å². The van der Waals surface area contributed by atoms with Gasteiger partial charge in [0.15, 0.2) is 11.9 Å². The average molecular weight is 458 g/mol. The van der Waals surface area contributed by atoms with Crippen molar-refractivity contribution in [2.45, 2.75) is 52.8 Å². The van der Waals surface area contributed by atoms with Gasteiger partial charge in [-0.15, -0.1) is 0 Å². The van der Waals surface area contributed by atoms with Crippen molar-refractivity contribution in [3.63, 3.8) is 0 Å². The SMILES string of the molecule is CC/C(N)=C\C(=C/C(C)CN1CCN(C(=O)OC(C)(C)C)CC1)C1=NC2C(=CC=CN2C)O1. The summed E-state index contributed by atoms with van der Waals surface area (Å²) in [5, 5.41) is 0. The number of amides is 1. The van der Waals surface area contributed by atoms with Crippen molar-refractivity contribution in [1.29, 1.82) is 0 Å². The summed E-state index contributed by atoms with van der Waals surface area (Å²) in [5.41, 5.74) is 7.41. The minimum Gasteiger partial charge on any atom is -0.444 e. The van der Waals surface area contributed by atoms with Gasteiger partial charge in [0.2, 0.25) is 5.90 Å². The van der Waals surface area contributed by atoms with E-state index in [4.69, 9.17) is 20.2 Å². The molecule has 0 aliphatic carbocycles. The molecule has 0 saturated carbocycles. The van der Waals surface area contributed by atoms with Gasteiger partial charge in [-0.1, -0.05) is 19.9 Å². The molecule has 1 amide bonds. The quantitative estimate of drug-likeness (QED) is 0.615. The summed E-state index contributed by atoms with van der Waals surface area (Å²) >= 11 is 0. The van der Waals surface area contributed by atoms with Crippen LogP contribution in [0.25, 0.3) is 0 Å². The largest absolute Gasteiger partial charge is 0.444 e. The third kappa shape index (κ3) is 6.87. The van der Waals surface area contributed by atoms with E-state index in [2.05, 4.69) is 17.9 Å². The fourth-order valence-corrected chi connectivity index (χ4v) is 3.95. The molecule has 8 nitrogen and oxygen atoms in total. The van der Waals surface area contributed by atoms with Crippen LogP contribution in [-0.4, -0.2) is 78.2 Å². The van der Waals surface area contributed by atoms with Gasteiger partial charge in [0, 0.05) is 57.2 Å². The number of likely N-dealkylation sites (N-methyl/N-ethyl adjacent to an activating group) is 1. The van der Waals surface area contributed by atoms with Gasteiger partial charge in [-0.05, 0) is 51.3 Å². The van der Waals surface area contributed by atoms with E-state index < -0.39 is 5.60 Å². The van der Waals surface area contributed by atoms with E-state index in [0.29, 0.717) is 19.0 Å². The number of hydrogen-bond acceptors (Lipinski definition) is 7. The van der Waals surface area contributed by atoms with E-state index in [1.54, 1.807) is 4.90 Å². The zero-order chi connectivity index (χ0) is 24.2. The van der Waals surface area contributed by atoms with Gasteiger partial charge in [0.1, 0.15) is 5.60 Å². The number of rotatable bonds is 6. The maximum Gasteiger partial charge on any atom is 0.410 e. The Kier molecular flexibility index (Phi) is 7.89. The summed E-state index contributed by atoms with van der Waals surface area (Å²) in [7, 11) is 1.99. The molecule has 2 unspecified atom stereocenters. The molecule has 3 aliphatic heterocycles. The number of carbonyl (C=O) groups excluding carboxylic acids is 1. The fraction of sp³-hybridized carbons (Fsp3) is 0.600. The Hall–Kier alpha value is -2.74. The number of piperazine rings is 1. The van der Waals surface area contributed by atoms with Crippen molar-refractivity contribution in [2.24, 2.45) is 16.6 Å². The lowest BCUT2D eigenvalue weighted by atomic mass is 10.0. The number of carbonyl (C=O) groups is 1. The van der Waals surface area contributed by atoms with Crippen LogP contribution >= 0.6 is 0 Å². The third-order valence-electron chi connectivity index (χ3n) is 5.71. The van der Waals surface area contributed by atoms with Crippen molar-refractivity contribution in [3.8, 4) is 0 Å². The standard InChI is InChI=1S/C25H39N5O3/c1-7-20(26)16-19(23-27-22-21(32-23)9-8-10-28(22)6)15-18(2)17-29-11-13-30(14-12-29)24(31)33-25(3,4)5/h8-10,15-16,18,22H,7,11-14,17,26H2,1-6H3/b19-15+,20-16+. The number of allylic oxidation sites excluding steroid dienone is 3. The molecule has 3 rings (SSSR count). The van der Waals surface area contributed by atoms with E-state index in [-0.39, 0.29) is 18.2 Å². The summed E-state index contributed by atoms with van der Waals surface area (Å²) in [4.78, 5) is 23.3. The molecule has 1 fully saturated rings. The fourth-order valence-electron chi connectivity index (χ4n) is 3.95. The predicted octanol–water partition coefficient (Wildman–Crippen LogP) is 3.45. The molecular weight excluding hydrogens is 418 g/mol. The summed E-state index contributed by atoms with van der Waals surface area (Å²) in [5.74, 6) is 1.70. The lowest BCUT2D eigenvalue weighted by Crippen LogP contribution is -2.50. The molecule has 0 aromatic rings. The summed E-state index contributed by atoms with van der Waals surface area (Å²) in [6, 6.07) is 0. The minimum atomic E-state index is -0.471. The Balaban J connectivity index is 1.63. The highest BCUT2D eigenvalue weighted by Gasteiger charge is 2.31. The first kappa shape index (κ1) is 24.9. The second-order valence-electron chi connectivity index (χ2n) is 9.93. The molecule has 8 heteroatoms. The van der Waals surface area contributed by atoms with Crippen molar-refractivity contribution in [2.75, 3.05) is 39.8 Å². The van der Waals surface area contributed by atoms with Crippen LogP contribution in [-0.2, 0) is 9.47 Å². The zero-order valence-corrected chi connectivity index (χ0v) is 20.9. The summed E-state index contributed by atoms with van der Waals surface area (Å²) < 4.78 is 11.6. The number of hydrogen-bond donors (Lipinski definition) is 1. The molecule has 33 heavy (non-hydrogen) atoms. The third-order valence-corrected chi connectivity index (χ3v) is 5.71. The van der Waals surface area contributed by atoms with Crippen LogP contribution in [0.15, 0.2) is 52.5 Å². The first-order valence-corrected chi connectivity index (χ1v) is 11.8. The molecule has 3 aliphatic rings. The van der Waals surface area contributed by atoms with Gasteiger partial charge >= 0.3 is 6.09 Å². The number of fused-ring (bicyclic) bond motifs is 1. The Morgan fingerprint density at radius 2 is 2.03 bits per heavy atom. The molecule has 0 aromatic carbocycles. The van der Waals surface area contributed by atoms with Gasteiger partial charge < -0.3 is 25.0 Å². The van der Waals surface area contributed by atoms with Gasteiger partial charge in [0.05, 0.1) is 0 Å². The lowest BCUT2D eigenvalue weighted by Gasteiger charge is -2.36. The highest BCUT2D eigenvalue weighted by Crippen LogP contribution is 2.27. The molecule has 2 atom stereocenters. The maximum absolute atomic E-state index is 12.3. The van der Waals surface area contributed by atoms with Crippen LogP contribution < -0.4 is 5.73 Å². The van der Waals surface area contributed by atoms with Gasteiger partial charge in [0.25, 0.3) is 0 Å². The molecule has 0 aromatic heterocycles. The van der Waals surface area contributed by atoms with Gasteiger partial charge in [-0.25, -0.2) is 9.79 Å². The molecule has 2 N–H and O–H groups in total. The molecule has 0 radical (unpaired) electrons. The number of nitrogens with zero attached hydrogens (tertiary/aromatic N) is 4. The number of aliphatic imine (C=N–C) groups is 1. The Labute approximate surface area is 198 Å². The second kappa shape index (κ2) is 10.5. The van der Waals surface area contributed by atoms with Crippen LogP contribution in [0.3, 0.4) is 0 Å². The molecule has 0 bridgehead atoms. The molecule has 182 valence electrons. The second-order valence-corrected chi connectivity index (χ2v) is 9.93. The summed E-state index contributed by atoms with van der Waals surface area (Å²) in [6.45, 7) is 13.8. The number of ether oxygens (including phenoxy) is 2. The number of nitrogens with two attached hydrogens (primary N) is 1. The lowest BCUT2D eigenvalue weighted by molar-refractivity contribution is 0.0139. The van der Waals surface area contributed by atoms with E-state index in [9.17, 15) is 4.79 Å². The van der Waals surface area contributed by atoms with Crippen LogP contribution in [0.1, 0.15) is 41.0 Å². The molecule has 3 heterocycles. The summed E-state index contributed by atoms with van der Waals surface area (Å²) in [6.07, 6.45) is 10.5. The van der Waals surface area contributed by atoms with Crippen molar-refractivity contribution in [3.05, 3.63) is 47.5 Å². The molecule has 0 spiro atoms. The highest BCUT2D eigenvalue weighted by molar-refractivity contribution is 5.98. The topological polar surface area (TPSA) is 83.6 Å². The Morgan fingerprint density at radius 3 is 2.64 bits per heavy atom. The Morgan fingerprint density at radius 1 is 1.33 bits per heavy atom. The molecular formula is C25H39N5O3. The molecule has 1 saturated heterocycles. The smallest absolute Gasteiger partial charge is 0.410 e. The first-order valence-electron chi connectivity index (χ1n) is 11.8. The van der Waals surface area contributed by atoms with E-state index in [0.717, 1.165) is 43.1 Å². The van der Waals surface area contributed by atoms with Crippen LogP contribution in [0.4, 0.5) is 4.79 Å². The normalized spacial score (nSPS) is 23.0. The monoisotopic (exact) mass is 457 g/mol. The minimum absolute atomic E-state index is 0.124. The zero-order valence-electron chi connectivity index (χ0n) is 20.9. The van der Waals surface area contributed by atoms with Crippen molar-refractivity contribution >= 4 is 12.0 Å².